The zero-order chi connectivity index (χ0) is 16.8. The Labute approximate surface area is 133 Å². The van der Waals surface area contributed by atoms with Crippen LogP contribution in [0, 0.1) is 11.3 Å². The summed E-state index contributed by atoms with van der Waals surface area (Å²) in [6.45, 7) is 3.57. The maximum atomic E-state index is 12.1. The van der Waals surface area contributed by atoms with Crippen LogP contribution >= 0.6 is 0 Å². The van der Waals surface area contributed by atoms with Gasteiger partial charge in [0.2, 0.25) is 0 Å². The third-order valence-corrected chi connectivity index (χ3v) is 3.25. The first-order valence-electron chi connectivity index (χ1n) is 7.16. The maximum absolute atomic E-state index is 12.1. The number of nitriles is 1. The molecule has 1 aromatic rings. The fourth-order valence-electron chi connectivity index (χ4n) is 2.23. The molecule has 1 heterocycles. The summed E-state index contributed by atoms with van der Waals surface area (Å²) in [6, 6.07) is 7.85. The van der Waals surface area contributed by atoms with Gasteiger partial charge in [0.1, 0.15) is 18.4 Å². The lowest BCUT2D eigenvalue weighted by Gasteiger charge is -2.26. The second kappa shape index (κ2) is 7.31. The maximum Gasteiger partial charge on any atom is 0.338 e. The third-order valence-electron chi connectivity index (χ3n) is 3.25. The molecule has 2 rings (SSSR count). The Morgan fingerprint density at radius 2 is 2.13 bits per heavy atom. The molecule has 1 aliphatic heterocycles. The Morgan fingerprint density at radius 3 is 2.83 bits per heavy atom. The van der Waals surface area contributed by atoms with Gasteiger partial charge in [0.15, 0.2) is 0 Å². The lowest BCUT2D eigenvalue weighted by molar-refractivity contribution is -0.139. The fourth-order valence-corrected chi connectivity index (χ4v) is 2.23. The number of hydrogen-bond acceptors (Lipinski definition) is 5. The predicted molar refractivity (Wildman–Crippen MR) is 81.4 cm³/mol. The number of urea groups is 1. The molecule has 1 aliphatic rings. The van der Waals surface area contributed by atoms with Crippen molar-refractivity contribution in [2.24, 2.45) is 0 Å². The van der Waals surface area contributed by atoms with Gasteiger partial charge in [0.05, 0.1) is 29.5 Å². The summed E-state index contributed by atoms with van der Waals surface area (Å²) in [6.07, 6.45) is 0. The van der Waals surface area contributed by atoms with E-state index in [2.05, 4.69) is 10.6 Å². The molecular formula is C16H17N3O4. The van der Waals surface area contributed by atoms with Crippen molar-refractivity contribution in [3.05, 3.63) is 41.1 Å². The van der Waals surface area contributed by atoms with Crippen LogP contribution in [0.25, 0.3) is 0 Å². The molecule has 0 saturated heterocycles. The smallest absolute Gasteiger partial charge is 0.338 e. The molecule has 0 spiro atoms. The highest BCUT2D eigenvalue weighted by atomic mass is 16.5. The summed E-state index contributed by atoms with van der Waals surface area (Å²) < 4.78 is 10.6. The van der Waals surface area contributed by atoms with Crippen molar-refractivity contribution < 1.29 is 19.1 Å². The zero-order valence-corrected chi connectivity index (χ0v) is 12.9. The van der Waals surface area contributed by atoms with Gasteiger partial charge >= 0.3 is 12.0 Å². The zero-order valence-electron chi connectivity index (χ0n) is 12.9. The van der Waals surface area contributed by atoms with Crippen LogP contribution in [-0.4, -0.2) is 31.3 Å². The number of nitrogens with zero attached hydrogens (tertiary/aromatic N) is 1. The van der Waals surface area contributed by atoms with Gasteiger partial charge in [0, 0.05) is 0 Å². The number of para-hydroxylation sites is 1. The SMILES string of the molecule is CCOC(=O)C1=C(COc2ccccc2C#N)NC(=O)N[C@H]1C. The van der Waals surface area contributed by atoms with Crippen molar-refractivity contribution in [1.29, 1.82) is 5.26 Å². The van der Waals surface area contributed by atoms with Gasteiger partial charge in [-0.2, -0.15) is 5.26 Å². The second-order valence-electron chi connectivity index (χ2n) is 4.83. The van der Waals surface area contributed by atoms with Crippen LogP contribution in [0.1, 0.15) is 19.4 Å². The van der Waals surface area contributed by atoms with Gasteiger partial charge in [-0.25, -0.2) is 9.59 Å². The fraction of sp³-hybridized carbons (Fsp3) is 0.312. The molecule has 0 aliphatic carbocycles. The first-order valence-corrected chi connectivity index (χ1v) is 7.16. The largest absolute Gasteiger partial charge is 0.486 e. The van der Waals surface area contributed by atoms with Crippen LogP contribution in [0.3, 0.4) is 0 Å². The quantitative estimate of drug-likeness (QED) is 0.801. The molecule has 0 aromatic heterocycles. The van der Waals surface area contributed by atoms with Crippen molar-refractivity contribution in [1.82, 2.24) is 10.6 Å². The van der Waals surface area contributed by atoms with Crippen LogP contribution in [0.5, 0.6) is 5.75 Å². The van der Waals surface area contributed by atoms with Crippen molar-refractivity contribution in [3.63, 3.8) is 0 Å². The first kappa shape index (κ1) is 16.4. The highest BCUT2D eigenvalue weighted by Crippen LogP contribution is 2.19. The Balaban J connectivity index is 2.25. The Bertz CT molecular complexity index is 691. The van der Waals surface area contributed by atoms with E-state index in [1.165, 1.54) is 0 Å². The van der Waals surface area contributed by atoms with Crippen molar-refractivity contribution in [3.8, 4) is 11.8 Å². The van der Waals surface area contributed by atoms with Crippen LogP contribution in [0.4, 0.5) is 4.79 Å². The summed E-state index contributed by atoms with van der Waals surface area (Å²) in [7, 11) is 0. The molecule has 0 unspecified atom stereocenters. The van der Waals surface area contributed by atoms with Gasteiger partial charge in [-0.1, -0.05) is 12.1 Å². The number of rotatable bonds is 5. The van der Waals surface area contributed by atoms with Crippen LogP contribution in [0.2, 0.25) is 0 Å². The number of ether oxygens (including phenoxy) is 2. The molecule has 1 atom stereocenters. The summed E-state index contributed by atoms with van der Waals surface area (Å²) in [4.78, 5) is 23.7. The van der Waals surface area contributed by atoms with E-state index in [0.29, 0.717) is 22.6 Å². The van der Waals surface area contributed by atoms with Gasteiger partial charge < -0.3 is 20.1 Å². The van der Waals surface area contributed by atoms with Gasteiger partial charge in [-0.3, -0.25) is 0 Å². The Morgan fingerprint density at radius 1 is 1.39 bits per heavy atom. The summed E-state index contributed by atoms with van der Waals surface area (Å²) >= 11 is 0. The summed E-state index contributed by atoms with van der Waals surface area (Å²) in [5, 5.41) is 14.2. The van der Waals surface area contributed by atoms with E-state index >= 15 is 0 Å². The average Bonchev–Trinajstić information content (AvgIpc) is 2.52. The molecule has 2 N–H and O–H groups in total. The van der Waals surface area contributed by atoms with Crippen molar-refractivity contribution in [2.45, 2.75) is 19.9 Å². The van der Waals surface area contributed by atoms with E-state index in [4.69, 9.17) is 14.7 Å². The number of benzene rings is 1. The van der Waals surface area contributed by atoms with Gasteiger partial charge in [-0.05, 0) is 26.0 Å². The molecule has 120 valence electrons. The van der Waals surface area contributed by atoms with Gasteiger partial charge in [-0.15, -0.1) is 0 Å². The highest BCUT2D eigenvalue weighted by molar-refractivity contribution is 5.94. The van der Waals surface area contributed by atoms with E-state index in [9.17, 15) is 9.59 Å². The van der Waals surface area contributed by atoms with Crippen LogP contribution < -0.4 is 15.4 Å². The van der Waals surface area contributed by atoms with E-state index in [1.807, 2.05) is 6.07 Å². The Kier molecular flexibility index (Phi) is 5.20. The number of carbonyl (C=O) groups excluding carboxylic acids is 2. The molecule has 0 saturated carbocycles. The second-order valence-corrected chi connectivity index (χ2v) is 4.83. The molecule has 0 bridgehead atoms. The minimum atomic E-state index is -0.514. The normalized spacial score (nSPS) is 16.9. The molecule has 1 aromatic carbocycles. The van der Waals surface area contributed by atoms with E-state index < -0.39 is 18.0 Å². The van der Waals surface area contributed by atoms with E-state index in [-0.39, 0.29) is 13.2 Å². The summed E-state index contributed by atoms with van der Waals surface area (Å²) in [5.41, 5.74) is 1.01. The lowest BCUT2D eigenvalue weighted by atomic mass is 10.0. The minimum Gasteiger partial charge on any atom is -0.486 e. The number of amides is 2. The topological polar surface area (TPSA) is 100 Å². The standard InChI is InChI=1S/C16H17N3O4/c1-3-22-15(20)14-10(2)18-16(21)19-12(14)9-23-13-7-5-4-6-11(13)8-17/h4-7,10H,3,9H2,1-2H3,(H2,18,19,21)/t10-/m0/s1. The Hall–Kier alpha value is -3.01. The number of carbonyl (C=O) groups is 2. The van der Waals surface area contributed by atoms with Crippen molar-refractivity contribution >= 4 is 12.0 Å². The molecule has 7 heteroatoms. The number of esters is 1. The molecule has 2 amide bonds. The third kappa shape index (κ3) is 3.80. The molecular weight excluding hydrogens is 298 g/mol. The number of nitrogens with one attached hydrogen (secondary N) is 2. The minimum absolute atomic E-state index is 0.0510. The molecule has 0 radical (unpaired) electrons. The molecule has 7 nitrogen and oxygen atoms in total. The lowest BCUT2D eigenvalue weighted by Crippen LogP contribution is -2.50. The van der Waals surface area contributed by atoms with Gasteiger partial charge in [0.25, 0.3) is 0 Å². The van der Waals surface area contributed by atoms with E-state index in [0.717, 1.165) is 0 Å². The predicted octanol–water partition coefficient (Wildman–Crippen LogP) is 1.46. The van der Waals surface area contributed by atoms with Crippen molar-refractivity contribution in [2.75, 3.05) is 13.2 Å². The van der Waals surface area contributed by atoms with Crippen LogP contribution in [0.15, 0.2) is 35.5 Å². The average molecular weight is 315 g/mol. The highest BCUT2D eigenvalue weighted by Gasteiger charge is 2.30. The number of hydrogen-bond donors (Lipinski definition) is 2. The first-order chi connectivity index (χ1) is 11.1. The summed E-state index contributed by atoms with van der Waals surface area (Å²) in [5.74, 6) is -0.134. The monoisotopic (exact) mass is 315 g/mol. The molecule has 0 fully saturated rings. The van der Waals surface area contributed by atoms with E-state index in [1.54, 1.807) is 38.1 Å². The molecule has 23 heavy (non-hydrogen) atoms. The van der Waals surface area contributed by atoms with Crippen LogP contribution in [-0.2, 0) is 9.53 Å².